The van der Waals surface area contributed by atoms with Gasteiger partial charge in [-0.3, -0.25) is 4.90 Å². The van der Waals surface area contributed by atoms with Crippen LogP contribution in [0.3, 0.4) is 0 Å². The van der Waals surface area contributed by atoms with E-state index in [9.17, 15) is 5.11 Å². The Labute approximate surface area is 123 Å². The Morgan fingerprint density at radius 3 is 2.30 bits per heavy atom. The highest BCUT2D eigenvalue weighted by Gasteiger charge is 2.23. The van der Waals surface area contributed by atoms with E-state index in [2.05, 4.69) is 25.7 Å². The van der Waals surface area contributed by atoms with Crippen LogP contribution in [0, 0.1) is 0 Å². The molecule has 2 atom stereocenters. The van der Waals surface area contributed by atoms with Crippen LogP contribution in [0.4, 0.5) is 0 Å². The zero-order valence-electron chi connectivity index (χ0n) is 13.1. The van der Waals surface area contributed by atoms with Gasteiger partial charge in [0.1, 0.15) is 0 Å². The topological polar surface area (TPSA) is 32.7 Å². The van der Waals surface area contributed by atoms with Crippen LogP contribution in [-0.4, -0.2) is 41.8 Å². The summed E-state index contributed by atoms with van der Waals surface area (Å²) in [4.78, 5) is 2.32. The first-order chi connectivity index (χ1) is 9.72. The molecular formula is C17H29NO2. The van der Waals surface area contributed by atoms with E-state index in [-0.39, 0.29) is 6.04 Å². The third-order valence-electron chi connectivity index (χ3n) is 3.71. The fraction of sp³-hybridized carbons (Fsp3) is 0.647. The van der Waals surface area contributed by atoms with Crippen LogP contribution in [0.2, 0.25) is 0 Å². The van der Waals surface area contributed by atoms with Gasteiger partial charge in [0.15, 0.2) is 0 Å². The zero-order chi connectivity index (χ0) is 14.8. The second-order valence-corrected chi connectivity index (χ2v) is 5.15. The molecule has 0 radical (unpaired) electrons. The number of likely N-dealkylation sites (N-methyl/N-ethyl adjacent to an activating group) is 1. The third kappa shape index (κ3) is 5.61. The van der Waals surface area contributed by atoms with Crippen molar-refractivity contribution in [2.24, 2.45) is 0 Å². The zero-order valence-corrected chi connectivity index (χ0v) is 13.1. The van der Waals surface area contributed by atoms with E-state index < -0.39 is 6.10 Å². The summed E-state index contributed by atoms with van der Waals surface area (Å²) in [6, 6.07) is 10.3. The molecule has 0 bridgehead atoms. The molecule has 1 N–H and O–H groups in total. The largest absolute Gasteiger partial charge is 0.389 e. The van der Waals surface area contributed by atoms with Crippen molar-refractivity contribution in [3.63, 3.8) is 0 Å². The van der Waals surface area contributed by atoms with Crippen LogP contribution < -0.4 is 0 Å². The SMILES string of the molecule is CCC[C@@H]([C@H](O)COCc1ccccc1)N(CC)CC. The van der Waals surface area contributed by atoms with E-state index in [1.807, 2.05) is 30.3 Å². The molecule has 20 heavy (non-hydrogen) atoms. The lowest BCUT2D eigenvalue weighted by molar-refractivity contribution is -0.0235. The Balaban J connectivity index is 2.43. The number of aliphatic hydroxyl groups is 1. The average molecular weight is 279 g/mol. The van der Waals surface area contributed by atoms with Crippen LogP contribution in [0.1, 0.15) is 39.2 Å². The summed E-state index contributed by atoms with van der Waals surface area (Å²) < 4.78 is 5.67. The first-order valence-corrected chi connectivity index (χ1v) is 7.76. The highest BCUT2D eigenvalue weighted by Crippen LogP contribution is 2.12. The van der Waals surface area contributed by atoms with Gasteiger partial charge in [0.2, 0.25) is 0 Å². The monoisotopic (exact) mass is 279 g/mol. The highest BCUT2D eigenvalue weighted by atomic mass is 16.5. The van der Waals surface area contributed by atoms with Gasteiger partial charge in [-0.2, -0.15) is 0 Å². The van der Waals surface area contributed by atoms with E-state index in [0.29, 0.717) is 13.2 Å². The van der Waals surface area contributed by atoms with Gasteiger partial charge in [-0.1, -0.05) is 57.5 Å². The summed E-state index contributed by atoms with van der Waals surface area (Å²) >= 11 is 0. The molecule has 0 fully saturated rings. The maximum Gasteiger partial charge on any atom is 0.0928 e. The fourth-order valence-electron chi connectivity index (χ4n) is 2.59. The fourth-order valence-corrected chi connectivity index (χ4v) is 2.59. The van der Waals surface area contributed by atoms with E-state index >= 15 is 0 Å². The molecule has 0 aliphatic rings. The van der Waals surface area contributed by atoms with Gasteiger partial charge in [0.25, 0.3) is 0 Å². The number of aliphatic hydroxyl groups excluding tert-OH is 1. The van der Waals surface area contributed by atoms with Gasteiger partial charge in [-0.15, -0.1) is 0 Å². The molecule has 0 saturated heterocycles. The molecule has 0 aromatic heterocycles. The smallest absolute Gasteiger partial charge is 0.0928 e. The van der Waals surface area contributed by atoms with Gasteiger partial charge in [0, 0.05) is 6.04 Å². The van der Waals surface area contributed by atoms with Crippen molar-refractivity contribution in [2.45, 2.75) is 52.4 Å². The van der Waals surface area contributed by atoms with Crippen LogP contribution in [0.25, 0.3) is 0 Å². The van der Waals surface area contributed by atoms with Gasteiger partial charge in [0.05, 0.1) is 19.3 Å². The number of rotatable bonds is 10. The lowest BCUT2D eigenvalue weighted by Gasteiger charge is -2.33. The number of nitrogens with zero attached hydrogens (tertiary/aromatic N) is 1. The van der Waals surface area contributed by atoms with Crippen LogP contribution in [-0.2, 0) is 11.3 Å². The van der Waals surface area contributed by atoms with Gasteiger partial charge in [-0.05, 0) is 25.1 Å². The predicted molar refractivity (Wildman–Crippen MR) is 83.7 cm³/mol. The normalized spacial score (nSPS) is 14.4. The van der Waals surface area contributed by atoms with Crippen LogP contribution >= 0.6 is 0 Å². The molecule has 0 aliphatic carbocycles. The van der Waals surface area contributed by atoms with Crippen molar-refractivity contribution >= 4 is 0 Å². The van der Waals surface area contributed by atoms with Crippen molar-refractivity contribution in [3.8, 4) is 0 Å². The van der Waals surface area contributed by atoms with Crippen LogP contribution in [0.5, 0.6) is 0 Å². The Morgan fingerprint density at radius 2 is 1.75 bits per heavy atom. The lowest BCUT2D eigenvalue weighted by atomic mass is 10.0. The number of hydrogen-bond acceptors (Lipinski definition) is 3. The molecule has 0 saturated carbocycles. The molecule has 0 heterocycles. The molecular weight excluding hydrogens is 250 g/mol. The molecule has 0 amide bonds. The first-order valence-electron chi connectivity index (χ1n) is 7.76. The molecule has 114 valence electrons. The lowest BCUT2D eigenvalue weighted by Crippen LogP contribution is -2.45. The maximum atomic E-state index is 10.4. The van der Waals surface area contributed by atoms with Gasteiger partial charge < -0.3 is 9.84 Å². The molecule has 0 spiro atoms. The summed E-state index contributed by atoms with van der Waals surface area (Å²) in [7, 11) is 0. The van der Waals surface area contributed by atoms with E-state index in [4.69, 9.17) is 4.74 Å². The second kappa shape index (κ2) is 9.92. The van der Waals surface area contributed by atoms with E-state index in [0.717, 1.165) is 31.5 Å². The Kier molecular flexibility index (Phi) is 8.51. The van der Waals surface area contributed by atoms with E-state index in [1.165, 1.54) is 0 Å². The van der Waals surface area contributed by atoms with Crippen LogP contribution in [0.15, 0.2) is 30.3 Å². The summed E-state index contributed by atoms with van der Waals surface area (Å²) in [5.41, 5.74) is 1.15. The Morgan fingerprint density at radius 1 is 1.10 bits per heavy atom. The molecule has 1 rings (SSSR count). The summed E-state index contributed by atoms with van der Waals surface area (Å²) in [6.45, 7) is 9.35. The van der Waals surface area contributed by atoms with E-state index in [1.54, 1.807) is 0 Å². The molecule has 3 heteroatoms. The quantitative estimate of drug-likeness (QED) is 0.714. The maximum absolute atomic E-state index is 10.4. The summed E-state index contributed by atoms with van der Waals surface area (Å²) in [5, 5.41) is 10.4. The molecule has 1 aromatic carbocycles. The molecule has 0 unspecified atom stereocenters. The van der Waals surface area contributed by atoms with Crippen molar-refractivity contribution in [3.05, 3.63) is 35.9 Å². The van der Waals surface area contributed by atoms with Crippen molar-refractivity contribution in [2.75, 3.05) is 19.7 Å². The third-order valence-corrected chi connectivity index (χ3v) is 3.71. The van der Waals surface area contributed by atoms with Crippen molar-refractivity contribution < 1.29 is 9.84 Å². The average Bonchev–Trinajstić information content (AvgIpc) is 2.48. The van der Waals surface area contributed by atoms with Gasteiger partial charge in [-0.25, -0.2) is 0 Å². The Hall–Kier alpha value is -0.900. The minimum atomic E-state index is -0.418. The summed E-state index contributed by atoms with van der Waals surface area (Å²) in [6.07, 6.45) is 1.67. The minimum absolute atomic E-state index is 0.200. The van der Waals surface area contributed by atoms with Crippen molar-refractivity contribution in [1.29, 1.82) is 0 Å². The number of hydrogen-bond donors (Lipinski definition) is 1. The number of ether oxygens (including phenoxy) is 1. The first kappa shape index (κ1) is 17.2. The summed E-state index contributed by atoms with van der Waals surface area (Å²) in [5.74, 6) is 0. The molecule has 1 aromatic rings. The highest BCUT2D eigenvalue weighted by molar-refractivity contribution is 5.13. The van der Waals surface area contributed by atoms with Gasteiger partial charge >= 0.3 is 0 Å². The molecule has 0 aliphatic heterocycles. The molecule has 3 nitrogen and oxygen atoms in total. The standard InChI is InChI=1S/C17H29NO2/c1-4-10-16(18(5-2)6-3)17(19)14-20-13-15-11-8-7-9-12-15/h7-9,11-12,16-17,19H,4-6,10,13-14H2,1-3H3/t16-,17+/m0/s1. The minimum Gasteiger partial charge on any atom is -0.389 e. The second-order valence-electron chi connectivity index (χ2n) is 5.15. The Bertz CT molecular complexity index is 338. The number of benzene rings is 1. The van der Waals surface area contributed by atoms with Crippen molar-refractivity contribution in [1.82, 2.24) is 4.90 Å². The predicted octanol–water partition coefficient (Wildman–Crippen LogP) is 3.07.